The lowest BCUT2D eigenvalue weighted by atomic mass is 10.0. The Labute approximate surface area is 241 Å². The highest BCUT2D eigenvalue weighted by molar-refractivity contribution is 5.85. The maximum absolute atomic E-state index is 12.4. The third-order valence-corrected chi connectivity index (χ3v) is 6.66. The molecule has 0 aliphatic heterocycles. The minimum absolute atomic E-state index is 0.111. The van der Waals surface area contributed by atoms with Crippen molar-refractivity contribution < 1.29 is 23.8 Å². The van der Waals surface area contributed by atoms with Crippen LogP contribution in [0, 0.1) is 0 Å². The van der Waals surface area contributed by atoms with Crippen LogP contribution in [0.4, 0.5) is 21.0 Å². The number of para-hydroxylation sites is 2. The molecule has 222 valence electrons. The van der Waals surface area contributed by atoms with E-state index in [1.807, 2.05) is 36.4 Å². The summed E-state index contributed by atoms with van der Waals surface area (Å²) in [6.45, 7) is 2.88. The van der Waals surface area contributed by atoms with Crippen molar-refractivity contribution in [3.63, 3.8) is 0 Å². The normalized spacial score (nSPS) is 11.5. The Bertz CT molecular complexity index is 894. The largest absolute Gasteiger partial charge is 0.445 e. The van der Waals surface area contributed by atoms with Crippen molar-refractivity contribution in [2.75, 3.05) is 30.5 Å². The van der Waals surface area contributed by atoms with Crippen molar-refractivity contribution in [2.45, 2.75) is 103 Å². The predicted octanol–water partition coefficient (Wildman–Crippen LogP) is 9.35. The average Bonchev–Trinajstić information content (AvgIpc) is 2.96. The fourth-order valence-corrected chi connectivity index (χ4v) is 4.39. The van der Waals surface area contributed by atoms with E-state index in [2.05, 4.69) is 17.6 Å². The first-order valence-corrected chi connectivity index (χ1v) is 15.3. The maximum atomic E-state index is 12.4. The highest BCUT2D eigenvalue weighted by atomic mass is 16.6. The second kappa shape index (κ2) is 22.7. The summed E-state index contributed by atoms with van der Waals surface area (Å²) in [6.07, 6.45) is 16.3. The van der Waals surface area contributed by atoms with E-state index in [1.54, 1.807) is 24.3 Å². The topological polar surface area (TPSA) is 85.9 Å². The standard InChI is InChI=1S/C33H50N2O5/c1-2-3-4-5-6-7-8-9-10-11-12-13-14-21-26-38-27-31(40-33(37)35-30-24-19-16-20-25-30)28-39-32(36)34-29-22-17-15-18-23-29/h15-20,22-25,31H,2-14,21,26-28H2,1H3,(H,34,36)(H,35,37)/t31-/m0/s1. The molecule has 0 radical (unpaired) electrons. The molecule has 2 aromatic rings. The van der Waals surface area contributed by atoms with Crippen LogP contribution in [0.2, 0.25) is 0 Å². The minimum Gasteiger partial charge on any atom is -0.445 e. The van der Waals surface area contributed by atoms with Gasteiger partial charge in [0.25, 0.3) is 0 Å². The van der Waals surface area contributed by atoms with Gasteiger partial charge in [0.1, 0.15) is 6.61 Å². The number of carbonyl (C=O) groups excluding carboxylic acids is 2. The smallest absolute Gasteiger partial charge is 0.412 e. The van der Waals surface area contributed by atoms with Gasteiger partial charge in [-0.15, -0.1) is 0 Å². The molecule has 0 aromatic heterocycles. The molecule has 0 aliphatic rings. The van der Waals surface area contributed by atoms with E-state index in [1.165, 1.54) is 77.0 Å². The fraction of sp³-hybridized carbons (Fsp3) is 0.576. The molecule has 40 heavy (non-hydrogen) atoms. The molecular formula is C33H50N2O5. The molecule has 0 spiro atoms. The first kappa shape index (κ1) is 33.1. The molecule has 0 unspecified atom stereocenters. The van der Waals surface area contributed by atoms with Crippen LogP contribution in [0.1, 0.15) is 96.8 Å². The number of rotatable bonds is 22. The molecule has 0 saturated carbocycles. The van der Waals surface area contributed by atoms with Crippen molar-refractivity contribution in [1.82, 2.24) is 0 Å². The van der Waals surface area contributed by atoms with E-state index < -0.39 is 18.3 Å². The van der Waals surface area contributed by atoms with Gasteiger partial charge in [0.15, 0.2) is 6.10 Å². The highest BCUT2D eigenvalue weighted by Gasteiger charge is 2.18. The second-order valence-electron chi connectivity index (χ2n) is 10.3. The third kappa shape index (κ3) is 17.5. The van der Waals surface area contributed by atoms with E-state index in [0.717, 1.165) is 12.8 Å². The van der Waals surface area contributed by atoms with E-state index in [0.29, 0.717) is 18.0 Å². The summed E-state index contributed by atoms with van der Waals surface area (Å²) < 4.78 is 16.6. The van der Waals surface area contributed by atoms with Crippen LogP contribution in [0.3, 0.4) is 0 Å². The number of hydrogen-bond donors (Lipinski definition) is 2. The minimum atomic E-state index is -0.725. The molecule has 1 atom stereocenters. The number of benzene rings is 2. The van der Waals surface area contributed by atoms with E-state index in [4.69, 9.17) is 14.2 Å². The summed E-state index contributed by atoms with van der Waals surface area (Å²) >= 11 is 0. The van der Waals surface area contributed by atoms with Gasteiger partial charge in [0.2, 0.25) is 0 Å². The molecule has 0 bridgehead atoms. The van der Waals surface area contributed by atoms with Crippen LogP contribution in [0.5, 0.6) is 0 Å². The van der Waals surface area contributed by atoms with Gasteiger partial charge in [-0.05, 0) is 30.7 Å². The predicted molar refractivity (Wildman–Crippen MR) is 163 cm³/mol. The quantitative estimate of drug-likeness (QED) is 0.142. The summed E-state index contributed by atoms with van der Waals surface area (Å²) in [4.78, 5) is 24.6. The van der Waals surface area contributed by atoms with Gasteiger partial charge in [0, 0.05) is 18.0 Å². The van der Waals surface area contributed by atoms with Gasteiger partial charge in [-0.25, -0.2) is 9.59 Å². The van der Waals surface area contributed by atoms with Crippen LogP contribution >= 0.6 is 0 Å². The Balaban J connectivity index is 1.58. The molecule has 2 aromatic carbocycles. The average molecular weight is 555 g/mol. The van der Waals surface area contributed by atoms with E-state index in [9.17, 15) is 9.59 Å². The van der Waals surface area contributed by atoms with Gasteiger partial charge in [-0.2, -0.15) is 0 Å². The lowest BCUT2D eigenvalue weighted by Gasteiger charge is -2.19. The number of hydrogen-bond acceptors (Lipinski definition) is 5. The summed E-state index contributed by atoms with van der Waals surface area (Å²) in [5.41, 5.74) is 1.25. The number of amides is 2. The molecule has 2 rings (SSSR count). The lowest BCUT2D eigenvalue weighted by molar-refractivity contribution is -0.00628. The molecule has 2 amide bonds. The first-order chi connectivity index (χ1) is 19.7. The molecular weight excluding hydrogens is 504 g/mol. The van der Waals surface area contributed by atoms with Crippen molar-refractivity contribution in [1.29, 1.82) is 0 Å². The fourth-order valence-electron chi connectivity index (χ4n) is 4.39. The molecule has 0 heterocycles. The molecule has 0 fully saturated rings. The van der Waals surface area contributed by atoms with Crippen molar-refractivity contribution in [3.05, 3.63) is 60.7 Å². The molecule has 0 saturated heterocycles. The van der Waals surface area contributed by atoms with Crippen molar-refractivity contribution in [2.24, 2.45) is 0 Å². The van der Waals surface area contributed by atoms with E-state index in [-0.39, 0.29) is 13.2 Å². The maximum Gasteiger partial charge on any atom is 0.412 e. The molecule has 2 N–H and O–H groups in total. The van der Waals surface area contributed by atoms with Crippen molar-refractivity contribution >= 4 is 23.6 Å². The van der Waals surface area contributed by atoms with E-state index >= 15 is 0 Å². The number of ether oxygens (including phenoxy) is 3. The molecule has 7 heteroatoms. The second-order valence-corrected chi connectivity index (χ2v) is 10.3. The molecule has 7 nitrogen and oxygen atoms in total. The zero-order valence-electron chi connectivity index (χ0n) is 24.4. The Morgan fingerprint density at radius 2 is 1.05 bits per heavy atom. The summed E-state index contributed by atoms with van der Waals surface area (Å²) in [5.74, 6) is 0. The zero-order valence-corrected chi connectivity index (χ0v) is 24.4. The Hall–Kier alpha value is -3.06. The van der Waals surface area contributed by atoms with Crippen LogP contribution in [-0.4, -0.2) is 38.1 Å². The van der Waals surface area contributed by atoms with Crippen molar-refractivity contribution in [3.8, 4) is 0 Å². The van der Waals surface area contributed by atoms with Gasteiger partial charge in [-0.3, -0.25) is 10.6 Å². The number of carbonyl (C=O) groups is 2. The number of unbranched alkanes of at least 4 members (excludes halogenated alkanes) is 13. The van der Waals surface area contributed by atoms with Crippen LogP contribution < -0.4 is 10.6 Å². The van der Waals surface area contributed by atoms with Gasteiger partial charge >= 0.3 is 12.2 Å². The van der Waals surface area contributed by atoms with Crippen LogP contribution in [-0.2, 0) is 14.2 Å². The number of anilines is 2. The Morgan fingerprint density at radius 3 is 1.55 bits per heavy atom. The molecule has 0 aliphatic carbocycles. The SMILES string of the molecule is CCCCCCCCCCCCCCCCOC[C@@H](COC(=O)Nc1ccccc1)OC(=O)Nc1ccccc1. The third-order valence-electron chi connectivity index (χ3n) is 6.66. The van der Waals surface area contributed by atoms with Crippen LogP contribution in [0.15, 0.2) is 60.7 Å². The van der Waals surface area contributed by atoms with Crippen LogP contribution in [0.25, 0.3) is 0 Å². The monoisotopic (exact) mass is 554 g/mol. The Kier molecular flexibility index (Phi) is 18.8. The highest BCUT2D eigenvalue weighted by Crippen LogP contribution is 2.13. The van der Waals surface area contributed by atoms with Gasteiger partial charge in [-0.1, -0.05) is 127 Å². The summed E-state index contributed by atoms with van der Waals surface area (Å²) in [5, 5.41) is 5.34. The summed E-state index contributed by atoms with van der Waals surface area (Å²) in [7, 11) is 0. The number of nitrogens with one attached hydrogen (secondary N) is 2. The van der Waals surface area contributed by atoms with Gasteiger partial charge in [0.05, 0.1) is 6.61 Å². The Morgan fingerprint density at radius 1 is 0.600 bits per heavy atom. The first-order valence-electron chi connectivity index (χ1n) is 15.3. The van der Waals surface area contributed by atoms with Gasteiger partial charge < -0.3 is 14.2 Å². The lowest BCUT2D eigenvalue weighted by Crippen LogP contribution is -2.32. The summed E-state index contributed by atoms with van der Waals surface area (Å²) in [6, 6.07) is 18.1. The zero-order chi connectivity index (χ0) is 28.5.